The van der Waals surface area contributed by atoms with Crippen molar-refractivity contribution in [3.8, 4) is 78.6 Å². The van der Waals surface area contributed by atoms with E-state index < -0.39 is 6.85 Å². The second-order valence-corrected chi connectivity index (χ2v) is 13.4. The van der Waals surface area contributed by atoms with Crippen molar-refractivity contribution in [1.82, 2.24) is 14.5 Å². The van der Waals surface area contributed by atoms with Crippen LogP contribution in [-0.4, -0.2) is 19.6 Å². The Morgan fingerprint density at radius 2 is 1.27 bits per heavy atom. The van der Waals surface area contributed by atoms with Crippen molar-refractivity contribution in [3.63, 3.8) is 0 Å². The predicted molar refractivity (Wildman–Crippen MR) is 221 cm³/mol. The number of imidazole rings is 1. The standard InChI is InChI=1S/C50H36N3O.Pt/c1-33-20-22-36(23-21-33)38-26-27-51-46(32-38)41-30-39(35-12-5-3-6-13-35)29-40(31-41)44-17-11-18-47-49(44)52-50(45-16-9-10-19-48(45)54)53(47)42-24-25-43(34(2)28-42)37-14-7-4-8-15-37;/h3-30,32,54H,1-2H3;/q-1;/i2D3;. The Morgan fingerprint density at radius 3 is 2.04 bits per heavy atom. The maximum atomic E-state index is 11.2. The Hall–Kier alpha value is -6.35. The number of aromatic hydroxyl groups is 1. The van der Waals surface area contributed by atoms with Gasteiger partial charge in [-0.15, -0.1) is 23.8 Å². The molecule has 9 rings (SSSR count). The molecule has 5 heteroatoms. The second-order valence-electron chi connectivity index (χ2n) is 13.4. The van der Waals surface area contributed by atoms with Crippen LogP contribution < -0.4 is 0 Å². The molecule has 0 saturated carbocycles. The van der Waals surface area contributed by atoms with Gasteiger partial charge in [-0.05, 0) is 83.6 Å². The fourth-order valence-corrected chi connectivity index (χ4v) is 7.12. The second kappa shape index (κ2) is 15.2. The molecule has 0 unspecified atom stereocenters. The van der Waals surface area contributed by atoms with Gasteiger partial charge in [0.15, 0.2) is 0 Å². The number of nitrogens with zero attached hydrogens (tertiary/aromatic N) is 3. The first-order valence-electron chi connectivity index (χ1n) is 19.4. The molecule has 0 radical (unpaired) electrons. The molecule has 0 saturated heterocycles. The first-order valence-corrected chi connectivity index (χ1v) is 17.9. The van der Waals surface area contributed by atoms with Crippen LogP contribution in [0.4, 0.5) is 0 Å². The first kappa shape index (κ1) is 32.1. The molecule has 2 heterocycles. The van der Waals surface area contributed by atoms with E-state index >= 15 is 0 Å². The van der Waals surface area contributed by atoms with Gasteiger partial charge in [0, 0.05) is 42.8 Å². The number of hydrogen-bond donors (Lipinski definition) is 1. The van der Waals surface area contributed by atoms with Gasteiger partial charge < -0.3 is 5.11 Å². The van der Waals surface area contributed by atoms with Crippen LogP contribution in [0.3, 0.4) is 0 Å². The van der Waals surface area contributed by atoms with Crippen LogP contribution >= 0.6 is 0 Å². The van der Waals surface area contributed by atoms with Gasteiger partial charge in [0.1, 0.15) is 11.6 Å². The van der Waals surface area contributed by atoms with E-state index in [4.69, 9.17) is 14.1 Å². The van der Waals surface area contributed by atoms with Crippen LogP contribution in [0, 0.1) is 19.8 Å². The molecule has 7 aromatic carbocycles. The summed E-state index contributed by atoms with van der Waals surface area (Å²) in [5.74, 6) is 0.540. The number of fused-ring (bicyclic) bond motifs is 1. The van der Waals surface area contributed by atoms with Crippen molar-refractivity contribution < 1.29 is 30.3 Å². The summed E-state index contributed by atoms with van der Waals surface area (Å²) in [6.45, 7) is -0.315. The molecule has 0 fully saturated rings. The monoisotopic (exact) mass is 892 g/mol. The van der Waals surface area contributed by atoms with Crippen molar-refractivity contribution in [1.29, 1.82) is 0 Å². The van der Waals surface area contributed by atoms with E-state index in [0.29, 0.717) is 28.2 Å². The van der Waals surface area contributed by atoms with Gasteiger partial charge >= 0.3 is 0 Å². The predicted octanol–water partition coefficient (Wildman–Crippen LogP) is 12.5. The third-order valence-corrected chi connectivity index (χ3v) is 9.86. The maximum Gasteiger partial charge on any atom is 0.148 e. The van der Waals surface area contributed by atoms with Crippen molar-refractivity contribution in [2.75, 3.05) is 0 Å². The number of phenolic OH excluding ortho intramolecular Hbond substituents is 1. The molecule has 0 amide bonds. The zero-order valence-electron chi connectivity index (χ0n) is 32.8. The average Bonchev–Trinajstić information content (AvgIpc) is 3.64. The van der Waals surface area contributed by atoms with E-state index in [0.717, 1.165) is 55.7 Å². The summed E-state index contributed by atoms with van der Waals surface area (Å²) < 4.78 is 27.6. The van der Waals surface area contributed by atoms with E-state index in [-0.39, 0.29) is 32.4 Å². The molecule has 0 bridgehead atoms. The van der Waals surface area contributed by atoms with Crippen LogP contribution in [0.5, 0.6) is 5.75 Å². The van der Waals surface area contributed by atoms with Gasteiger partial charge in [0.2, 0.25) is 0 Å². The SMILES string of the molecule is [2H]C([2H])([2H])c1cc(-n2c(-c3ccccc3O)nc3c(-c4[c-]c(-c5cc(-c6ccc(C)cc6)ccn5)cc(-c5ccccc5)c4)cccc32)ccc1-c1ccccc1.[Pt]. The Labute approximate surface area is 339 Å². The number of pyridine rings is 1. The third-order valence-electron chi connectivity index (χ3n) is 9.86. The number of aryl methyl sites for hydroxylation is 2. The Bertz CT molecular complexity index is 2910. The topological polar surface area (TPSA) is 50.9 Å². The number of phenols is 1. The van der Waals surface area contributed by atoms with Gasteiger partial charge in [0.05, 0.1) is 16.6 Å². The van der Waals surface area contributed by atoms with Crippen LogP contribution in [0.2, 0.25) is 0 Å². The van der Waals surface area contributed by atoms with Gasteiger partial charge in [0.25, 0.3) is 0 Å². The van der Waals surface area contributed by atoms with E-state index in [1.807, 2.05) is 108 Å². The summed E-state index contributed by atoms with van der Waals surface area (Å²) in [7, 11) is 0. The molecule has 0 aliphatic carbocycles. The quantitative estimate of drug-likeness (QED) is 0.162. The van der Waals surface area contributed by atoms with Crippen molar-refractivity contribution >= 4 is 11.0 Å². The van der Waals surface area contributed by atoms with Crippen LogP contribution in [0.25, 0.3) is 83.9 Å². The van der Waals surface area contributed by atoms with Crippen LogP contribution in [0.1, 0.15) is 15.2 Å². The average molecular weight is 893 g/mol. The zero-order chi connectivity index (χ0) is 39.1. The molecule has 0 aliphatic rings. The molecule has 9 aromatic rings. The van der Waals surface area contributed by atoms with Crippen molar-refractivity contribution in [2.45, 2.75) is 13.8 Å². The summed E-state index contributed by atoms with van der Waals surface area (Å²) in [6.07, 6.45) is 1.84. The molecule has 268 valence electrons. The number of rotatable bonds is 7. The minimum Gasteiger partial charge on any atom is -0.507 e. The Kier molecular flexibility index (Phi) is 8.86. The smallest absolute Gasteiger partial charge is 0.148 e. The molecule has 55 heavy (non-hydrogen) atoms. The van der Waals surface area contributed by atoms with Crippen LogP contribution in [-0.2, 0) is 21.1 Å². The van der Waals surface area contributed by atoms with E-state index in [2.05, 4.69) is 67.6 Å². The number of aromatic nitrogens is 3. The summed E-state index contributed by atoms with van der Waals surface area (Å²) in [5.41, 5.74) is 12.9. The molecule has 1 N–H and O–H groups in total. The molecule has 0 spiro atoms. The van der Waals surface area contributed by atoms with Gasteiger partial charge in [-0.3, -0.25) is 9.55 Å². The molecular weight excluding hydrogens is 854 g/mol. The summed E-state index contributed by atoms with van der Waals surface area (Å²) in [6, 6.07) is 58.9. The summed E-state index contributed by atoms with van der Waals surface area (Å²) in [4.78, 5) is 10.1. The molecule has 4 nitrogen and oxygen atoms in total. The number of hydrogen-bond acceptors (Lipinski definition) is 3. The largest absolute Gasteiger partial charge is 0.507 e. The fraction of sp³-hybridized carbons (Fsp3) is 0.0400. The Morgan fingerprint density at radius 1 is 0.582 bits per heavy atom. The van der Waals surface area contributed by atoms with E-state index in [9.17, 15) is 5.11 Å². The maximum absolute atomic E-state index is 11.2. The van der Waals surface area contributed by atoms with Gasteiger partial charge in [-0.25, -0.2) is 4.98 Å². The zero-order valence-corrected chi connectivity index (χ0v) is 32.1. The van der Waals surface area contributed by atoms with Crippen molar-refractivity contribution in [3.05, 3.63) is 193 Å². The molecular formula is C50H36N3OPt-. The minimum atomic E-state index is -2.40. The normalized spacial score (nSPS) is 12.1. The van der Waals surface area contributed by atoms with Gasteiger partial charge in [-0.1, -0.05) is 144 Å². The summed E-state index contributed by atoms with van der Waals surface area (Å²) in [5, 5.41) is 11.2. The van der Waals surface area contributed by atoms with E-state index in [1.54, 1.807) is 18.2 Å². The van der Waals surface area contributed by atoms with Gasteiger partial charge in [-0.2, -0.15) is 0 Å². The molecule has 2 aromatic heterocycles. The van der Waals surface area contributed by atoms with Crippen molar-refractivity contribution in [2.24, 2.45) is 0 Å². The number of benzene rings is 7. The van der Waals surface area contributed by atoms with E-state index in [1.165, 1.54) is 5.56 Å². The van der Waals surface area contributed by atoms with Crippen LogP contribution in [0.15, 0.2) is 176 Å². The summed E-state index contributed by atoms with van der Waals surface area (Å²) >= 11 is 0. The third kappa shape index (κ3) is 6.94. The fourth-order valence-electron chi connectivity index (χ4n) is 7.12. The Balaban J connectivity index is 0.00000469. The minimum absolute atomic E-state index is 0. The number of para-hydroxylation sites is 2. The molecule has 0 atom stereocenters. The molecule has 0 aliphatic heterocycles. The first-order chi connectivity index (χ1) is 27.7.